The Morgan fingerprint density at radius 1 is 1.25 bits per heavy atom. The maximum atomic E-state index is 12.1. The molecule has 0 saturated heterocycles. The standard InChI is InChI=1S/C16H16N2O5S/c1-18(15(21)12-7-4-8-24-12)9-13(19)17-11-6-3-5-10(14(11)20)16(22)23-2/h3-8,20H,9H2,1-2H3,(H,17,19). The van der Waals surface area contributed by atoms with Crippen LogP contribution in [0.2, 0.25) is 0 Å². The second kappa shape index (κ2) is 7.60. The highest BCUT2D eigenvalue weighted by atomic mass is 32.1. The normalized spacial score (nSPS) is 10.1. The first-order valence-corrected chi connectivity index (χ1v) is 7.81. The molecule has 2 aromatic rings. The van der Waals surface area contributed by atoms with E-state index in [4.69, 9.17) is 0 Å². The van der Waals surface area contributed by atoms with E-state index in [-0.39, 0.29) is 29.5 Å². The molecule has 0 bridgehead atoms. The molecule has 1 heterocycles. The maximum Gasteiger partial charge on any atom is 0.341 e. The molecule has 126 valence electrons. The largest absolute Gasteiger partial charge is 0.505 e. The number of ether oxygens (including phenoxy) is 1. The van der Waals surface area contributed by atoms with Gasteiger partial charge < -0.3 is 20.1 Å². The topological polar surface area (TPSA) is 95.9 Å². The van der Waals surface area contributed by atoms with Gasteiger partial charge in [0.05, 0.1) is 24.2 Å². The number of carbonyl (C=O) groups is 3. The number of methoxy groups -OCH3 is 1. The van der Waals surface area contributed by atoms with Crippen LogP contribution in [0.5, 0.6) is 5.75 Å². The van der Waals surface area contributed by atoms with Crippen LogP contribution >= 0.6 is 11.3 Å². The van der Waals surface area contributed by atoms with Crippen molar-refractivity contribution in [1.82, 2.24) is 4.90 Å². The Morgan fingerprint density at radius 2 is 2.00 bits per heavy atom. The zero-order valence-corrected chi connectivity index (χ0v) is 13.9. The molecule has 24 heavy (non-hydrogen) atoms. The van der Waals surface area contributed by atoms with Gasteiger partial charge in [0.1, 0.15) is 5.56 Å². The SMILES string of the molecule is COC(=O)c1cccc(NC(=O)CN(C)C(=O)c2cccs2)c1O. The molecule has 8 heteroatoms. The number of benzene rings is 1. The predicted molar refractivity (Wildman–Crippen MR) is 89.4 cm³/mol. The van der Waals surface area contributed by atoms with Gasteiger partial charge in [-0.2, -0.15) is 0 Å². The fourth-order valence-electron chi connectivity index (χ4n) is 1.98. The van der Waals surface area contributed by atoms with Gasteiger partial charge in [0.25, 0.3) is 5.91 Å². The molecule has 0 atom stereocenters. The maximum absolute atomic E-state index is 12.1. The van der Waals surface area contributed by atoms with E-state index in [0.717, 1.165) is 0 Å². The number of nitrogens with zero attached hydrogens (tertiary/aromatic N) is 1. The molecule has 2 N–H and O–H groups in total. The molecule has 0 aliphatic heterocycles. The number of aromatic hydroxyl groups is 1. The minimum absolute atomic E-state index is 0.0571. The molecule has 7 nitrogen and oxygen atoms in total. The Balaban J connectivity index is 2.05. The highest BCUT2D eigenvalue weighted by Crippen LogP contribution is 2.27. The molecule has 0 aliphatic rings. The number of carbonyl (C=O) groups excluding carboxylic acids is 3. The van der Waals surface area contributed by atoms with Crippen LogP contribution < -0.4 is 5.32 Å². The lowest BCUT2D eigenvalue weighted by Gasteiger charge is -2.16. The number of likely N-dealkylation sites (N-methyl/N-ethyl adjacent to an activating group) is 1. The van der Waals surface area contributed by atoms with E-state index in [2.05, 4.69) is 10.1 Å². The van der Waals surface area contributed by atoms with Gasteiger partial charge in [-0.3, -0.25) is 9.59 Å². The molecule has 0 spiro atoms. The first-order chi connectivity index (χ1) is 11.4. The Morgan fingerprint density at radius 3 is 2.62 bits per heavy atom. The van der Waals surface area contributed by atoms with Gasteiger partial charge in [-0.05, 0) is 23.6 Å². The third-order valence-electron chi connectivity index (χ3n) is 3.17. The fourth-order valence-corrected chi connectivity index (χ4v) is 2.70. The summed E-state index contributed by atoms with van der Waals surface area (Å²) in [5.41, 5.74) is 0.0122. The first-order valence-electron chi connectivity index (χ1n) is 6.93. The lowest BCUT2D eigenvalue weighted by molar-refractivity contribution is -0.116. The monoisotopic (exact) mass is 348 g/mol. The van der Waals surface area contributed by atoms with Gasteiger partial charge in [-0.1, -0.05) is 12.1 Å². The van der Waals surface area contributed by atoms with Crippen molar-refractivity contribution in [2.24, 2.45) is 0 Å². The van der Waals surface area contributed by atoms with E-state index in [1.165, 1.54) is 48.6 Å². The van der Waals surface area contributed by atoms with Crippen molar-refractivity contribution < 1.29 is 24.2 Å². The number of amides is 2. The van der Waals surface area contributed by atoms with Crippen LogP contribution in [0, 0.1) is 0 Å². The van der Waals surface area contributed by atoms with E-state index >= 15 is 0 Å². The number of anilines is 1. The third-order valence-corrected chi connectivity index (χ3v) is 4.03. The summed E-state index contributed by atoms with van der Waals surface area (Å²) in [4.78, 5) is 37.5. The van der Waals surface area contributed by atoms with Crippen molar-refractivity contribution in [3.05, 3.63) is 46.2 Å². The molecule has 1 aromatic heterocycles. The molecule has 0 saturated carbocycles. The van der Waals surface area contributed by atoms with Crippen molar-refractivity contribution in [2.45, 2.75) is 0 Å². The second-order valence-corrected chi connectivity index (χ2v) is 5.83. The summed E-state index contributed by atoms with van der Waals surface area (Å²) in [6, 6.07) is 7.75. The third kappa shape index (κ3) is 3.90. The van der Waals surface area contributed by atoms with E-state index in [1.54, 1.807) is 17.5 Å². The molecule has 0 radical (unpaired) electrons. The van der Waals surface area contributed by atoms with Gasteiger partial charge in [0.2, 0.25) is 5.91 Å². The summed E-state index contributed by atoms with van der Waals surface area (Å²) in [6.45, 7) is -0.196. The van der Waals surface area contributed by atoms with Crippen LogP contribution in [0.15, 0.2) is 35.7 Å². The Hall–Kier alpha value is -2.87. The number of thiophene rings is 1. The van der Waals surface area contributed by atoms with Gasteiger partial charge in [-0.25, -0.2) is 4.79 Å². The quantitative estimate of drug-likeness (QED) is 0.636. The average Bonchev–Trinajstić information content (AvgIpc) is 3.09. The van der Waals surface area contributed by atoms with E-state index in [9.17, 15) is 19.5 Å². The van der Waals surface area contributed by atoms with Crippen LogP contribution in [-0.2, 0) is 9.53 Å². The minimum Gasteiger partial charge on any atom is -0.505 e. The van der Waals surface area contributed by atoms with Gasteiger partial charge >= 0.3 is 5.97 Å². The number of phenolic OH excluding ortho intramolecular Hbond substituents is 1. The van der Waals surface area contributed by atoms with Gasteiger partial charge in [0, 0.05) is 7.05 Å². The fraction of sp³-hybridized carbons (Fsp3) is 0.188. The van der Waals surface area contributed by atoms with Crippen molar-refractivity contribution >= 4 is 34.8 Å². The number of para-hydroxylation sites is 1. The Labute approximate surface area is 142 Å². The lowest BCUT2D eigenvalue weighted by atomic mass is 10.1. The number of hydrogen-bond acceptors (Lipinski definition) is 6. The zero-order chi connectivity index (χ0) is 17.7. The number of esters is 1. The van der Waals surface area contributed by atoms with Crippen molar-refractivity contribution in [1.29, 1.82) is 0 Å². The van der Waals surface area contributed by atoms with Crippen LogP contribution in [0.4, 0.5) is 5.69 Å². The average molecular weight is 348 g/mol. The molecule has 0 fully saturated rings. The molecular weight excluding hydrogens is 332 g/mol. The van der Waals surface area contributed by atoms with Crippen LogP contribution in [0.3, 0.4) is 0 Å². The smallest absolute Gasteiger partial charge is 0.341 e. The van der Waals surface area contributed by atoms with E-state index in [0.29, 0.717) is 4.88 Å². The highest BCUT2D eigenvalue weighted by molar-refractivity contribution is 7.12. The molecule has 0 unspecified atom stereocenters. The molecule has 2 rings (SSSR count). The van der Waals surface area contributed by atoms with Crippen molar-refractivity contribution in [3.8, 4) is 5.75 Å². The van der Waals surface area contributed by atoms with Gasteiger partial charge in [-0.15, -0.1) is 11.3 Å². The second-order valence-electron chi connectivity index (χ2n) is 4.88. The van der Waals surface area contributed by atoms with Gasteiger partial charge in [0.15, 0.2) is 5.75 Å². The van der Waals surface area contributed by atoms with Crippen LogP contribution in [0.1, 0.15) is 20.0 Å². The van der Waals surface area contributed by atoms with Crippen molar-refractivity contribution in [3.63, 3.8) is 0 Å². The Kier molecular flexibility index (Phi) is 5.54. The minimum atomic E-state index is -0.714. The molecular formula is C16H16N2O5S. The molecule has 1 aromatic carbocycles. The number of hydrogen-bond donors (Lipinski definition) is 2. The summed E-state index contributed by atoms with van der Waals surface area (Å²) in [7, 11) is 2.70. The molecule has 2 amide bonds. The molecule has 0 aliphatic carbocycles. The van der Waals surface area contributed by atoms with Crippen LogP contribution in [-0.4, -0.2) is 48.5 Å². The van der Waals surface area contributed by atoms with Crippen molar-refractivity contribution in [2.75, 3.05) is 26.0 Å². The van der Waals surface area contributed by atoms with E-state index < -0.39 is 11.9 Å². The zero-order valence-electron chi connectivity index (χ0n) is 13.1. The summed E-state index contributed by atoms with van der Waals surface area (Å²) in [5.74, 6) is -1.87. The Bertz CT molecular complexity index is 758. The summed E-state index contributed by atoms with van der Waals surface area (Å²) >= 11 is 1.29. The lowest BCUT2D eigenvalue weighted by Crippen LogP contribution is -2.34. The summed E-state index contributed by atoms with van der Waals surface area (Å²) in [5, 5.41) is 14.3. The first kappa shape index (κ1) is 17.5. The summed E-state index contributed by atoms with van der Waals surface area (Å²) in [6.07, 6.45) is 0. The van der Waals surface area contributed by atoms with E-state index in [1.807, 2.05) is 0 Å². The number of nitrogens with one attached hydrogen (secondary N) is 1. The summed E-state index contributed by atoms with van der Waals surface area (Å²) < 4.78 is 4.55. The predicted octanol–water partition coefficient (Wildman–Crippen LogP) is 1.95. The number of rotatable bonds is 5. The number of phenols is 1. The highest BCUT2D eigenvalue weighted by Gasteiger charge is 2.19. The van der Waals surface area contributed by atoms with Crippen LogP contribution in [0.25, 0.3) is 0 Å².